The summed E-state index contributed by atoms with van der Waals surface area (Å²) < 4.78 is 4.43. The molecule has 15 heavy (non-hydrogen) atoms. The normalized spacial score (nSPS) is 10.5. The molecule has 0 spiro atoms. The smallest absolute Gasteiger partial charge is 0.250 e. The maximum atomic E-state index is 11.5. The van der Waals surface area contributed by atoms with Crippen LogP contribution in [0.5, 0.6) is 0 Å². The highest BCUT2D eigenvalue weighted by molar-refractivity contribution is 14.1. The molecule has 0 unspecified atom stereocenters. The van der Waals surface area contributed by atoms with Gasteiger partial charge in [-0.15, -0.1) is 0 Å². The Morgan fingerprint density at radius 2 is 2.20 bits per heavy atom. The third-order valence-corrected chi connectivity index (χ3v) is 2.69. The van der Waals surface area contributed by atoms with Gasteiger partial charge in [-0.25, -0.2) is 0 Å². The molecule has 78 valence electrons. The monoisotopic (exact) mass is 315 g/mol. The van der Waals surface area contributed by atoms with Crippen molar-refractivity contribution in [1.29, 1.82) is 0 Å². The summed E-state index contributed by atoms with van der Waals surface area (Å²) in [5, 5.41) is 4.23. The first-order valence-corrected chi connectivity index (χ1v) is 5.57. The minimum absolute atomic E-state index is 0.000990. The molecular weight excluding hydrogens is 305 g/mol. The maximum absolute atomic E-state index is 11.5. The van der Waals surface area contributed by atoms with Crippen LogP contribution in [0.3, 0.4) is 0 Å². The summed E-state index contributed by atoms with van der Waals surface area (Å²) in [6.07, 6.45) is 3.70. The Hall–Kier alpha value is -1.11. The van der Waals surface area contributed by atoms with Crippen LogP contribution < -0.4 is 5.56 Å². The second-order valence-electron chi connectivity index (χ2n) is 3.29. The first-order valence-electron chi connectivity index (χ1n) is 4.50. The van der Waals surface area contributed by atoms with Gasteiger partial charge < -0.3 is 4.57 Å². The van der Waals surface area contributed by atoms with E-state index in [1.54, 1.807) is 21.4 Å². The van der Waals surface area contributed by atoms with Crippen molar-refractivity contribution < 1.29 is 0 Å². The number of aryl methyl sites for hydroxylation is 1. The summed E-state index contributed by atoms with van der Waals surface area (Å²) in [7, 11) is 1.86. The highest BCUT2D eigenvalue weighted by Gasteiger charge is 2.00. The molecule has 0 N–H and O–H groups in total. The zero-order chi connectivity index (χ0) is 10.8. The Balaban J connectivity index is 2.31. The predicted molar refractivity (Wildman–Crippen MR) is 65.7 cm³/mol. The second-order valence-corrected chi connectivity index (χ2v) is 4.54. The van der Waals surface area contributed by atoms with Crippen LogP contribution in [0.25, 0.3) is 0 Å². The molecule has 2 aromatic heterocycles. The molecule has 2 rings (SSSR count). The minimum atomic E-state index is 0.000990. The topological polar surface area (TPSA) is 39.8 Å². The van der Waals surface area contributed by atoms with E-state index in [1.807, 2.05) is 25.5 Å². The van der Waals surface area contributed by atoms with Crippen LogP contribution in [0.1, 0.15) is 5.69 Å². The molecule has 2 heterocycles. The van der Waals surface area contributed by atoms with Crippen LogP contribution in [0.2, 0.25) is 0 Å². The number of pyridine rings is 1. The van der Waals surface area contributed by atoms with E-state index in [2.05, 4.69) is 27.7 Å². The Labute approximate surface area is 101 Å². The van der Waals surface area contributed by atoms with Gasteiger partial charge in [0.1, 0.15) is 0 Å². The molecule has 5 heteroatoms. The van der Waals surface area contributed by atoms with E-state index in [9.17, 15) is 4.79 Å². The summed E-state index contributed by atoms with van der Waals surface area (Å²) in [5.74, 6) is 0. The summed E-state index contributed by atoms with van der Waals surface area (Å²) in [6, 6.07) is 5.29. The molecule has 0 atom stereocenters. The number of aromatic nitrogens is 3. The molecule has 0 aliphatic carbocycles. The fourth-order valence-corrected chi connectivity index (χ4v) is 1.86. The Bertz CT molecular complexity index is 529. The average Bonchev–Trinajstić information content (AvgIpc) is 2.58. The predicted octanol–water partition coefficient (Wildman–Crippen LogP) is 1.23. The van der Waals surface area contributed by atoms with Crippen molar-refractivity contribution >= 4 is 22.6 Å². The SMILES string of the molecule is Cn1ccc(Cn2cc(I)ccc2=O)n1. The molecule has 0 aliphatic heterocycles. The summed E-state index contributed by atoms with van der Waals surface area (Å²) in [4.78, 5) is 11.5. The van der Waals surface area contributed by atoms with Crippen molar-refractivity contribution in [3.8, 4) is 0 Å². The van der Waals surface area contributed by atoms with Crippen LogP contribution in [0.15, 0.2) is 35.4 Å². The van der Waals surface area contributed by atoms with E-state index < -0.39 is 0 Å². The van der Waals surface area contributed by atoms with Gasteiger partial charge in [0.25, 0.3) is 5.56 Å². The fraction of sp³-hybridized carbons (Fsp3) is 0.200. The highest BCUT2D eigenvalue weighted by Crippen LogP contribution is 2.02. The molecule has 0 aliphatic rings. The van der Waals surface area contributed by atoms with Gasteiger partial charge in [-0.05, 0) is 34.7 Å². The molecule has 0 bridgehead atoms. The Morgan fingerprint density at radius 3 is 2.87 bits per heavy atom. The Morgan fingerprint density at radius 1 is 1.40 bits per heavy atom. The van der Waals surface area contributed by atoms with Gasteiger partial charge in [0.2, 0.25) is 0 Å². The maximum Gasteiger partial charge on any atom is 0.250 e. The average molecular weight is 315 g/mol. The van der Waals surface area contributed by atoms with Gasteiger partial charge in [-0.3, -0.25) is 9.48 Å². The van der Waals surface area contributed by atoms with Gasteiger partial charge >= 0.3 is 0 Å². The van der Waals surface area contributed by atoms with Gasteiger partial charge in [-0.2, -0.15) is 5.10 Å². The van der Waals surface area contributed by atoms with Crippen molar-refractivity contribution in [2.45, 2.75) is 6.54 Å². The van der Waals surface area contributed by atoms with Crippen molar-refractivity contribution in [3.63, 3.8) is 0 Å². The quantitative estimate of drug-likeness (QED) is 0.782. The minimum Gasteiger partial charge on any atom is -0.308 e. The van der Waals surface area contributed by atoms with Gasteiger partial charge in [0.05, 0.1) is 12.2 Å². The number of halogens is 1. The third-order valence-electron chi connectivity index (χ3n) is 2.05. The van der Waals surface area contributed by atoms with Crippen LogP contribution in [-0.2, 0) is 13.6 Å². The van der Waals surface area contributed by atoms with E-state index in [0.717, 1.165) is 9.26 Å². The Kier molecular flexibility index (Phi) is 2.90. The summed E-state index contributed by atoms with van der Waals surface area (Å²) in [5.41, 5.74) is 0.891. The lowest BCUT2D eigenvalue weighted by Crippen LogP contribution is -2.19. The molecule has 0 amide bonds. The van der Waals surface area contributed by atoms with E-state index in [4.69, 9.17) is 0 Å². The first kappa shape index (κ1) is 10.4. The lowest BCUT2D eigenvalue weighted by atomic mass is 10.4. The van der Waals surface area contributed by atoms with Crippen molar-refractivity contribution in [1.82, 2.24) is 14.3 Å². The zero-order valence-corrected chi connectivity index (χ0v) is 10.4. The molecule has 0 radical (unpaired) electrons. The standard InChI is InChI=1S/C10H10IN3O/c1-13-5-4-9(12-13)7-14-6-8(11)2-3-10(14)15/h2-6H,7H2,1H3. The number of hydrogen-bond donors (Lipinski definition) is 0. The summed E-state index contributed by atoms with van der Waals surface area (Å²) >= 11 is 2.18. The molecule has 0 saturated heterocycles. The number of nitrogens with zero attached hydrogens (tertiary/aromatic N) is 3. The second kappa shape index (κ2) is 4.18. The zero-order valence-electron chi connectivity index (χ0n) is 8.22. The van der Waals surface area contributed by atoms with E-state index in [-0.39, 0.29) is 5.56 Å². The van der Waals surface area contributed by atoms with Gasteiger partial charge in [-0.1, -0.05) is 0 Å². The van der Waals surface area contributed by atoms with Crippen LogP contribution in [-0.4, -0.2) is 14.3 Å². The van der Waals surface area contributed by atoms with Gasteiger partial charge in [0, 0.05) is 29.1 Å². The van der Waals surface area contributed by atoms with Crippen LogP contribution >= 0.6 is 22.6 Å². The number of hydrogen-bond acceptors (Lipinski definition) is 2. The van der Waals surface area contributed by atoms with Crippen molar-refractivity contribution in [2.75, 3.05) is 0 Å². The molecule has 0 saturated carbocycles. The molecule has 0 aromatic carbocycles. The third kappa shape index (κ3) is 2.47. The largest absolute Gasteiger partial charge is 0.308 e. The first-order chi connectivity index (χ1) is 7.15. The van der Waals surface area contributed by atoms with Gasteiger partial charge in [0.15, 0.2) is 0 Å². The van der Waals surface area contributed by atoms with Crippen molar-refractivity contribution in [3.05, 3.63) is 50.2 Å². The van der Waals surface area contributed by atoms with E-state index in [1.165, 1.54) is 0 Å². The molecule has 0 fully saturated rings. The lowest BCUT2D eigenvalue weighted by molar-refractivity contribution is 0.690. The highest BCUT2D eigenvalue weighted by atomic mass is 127. The van der Waals surface area contributed by atoms with Crippen LogP contribution in [0.4, 0.5) is 0 Å². The van der Waals surface area contributed by atoms with E-state index >= 15 is 0 Å². The fourth-order valence-electron chi connectivity index (χ4n) is 1.35. The lowest BCUT2D eigenvalue weighted by Gasteiger charge is -2.02. The number of rotatable bonds is 2. The molecular formula is C10H10IN3O. The van der Waals surface area contributed by atoms with E-state index in [0.29, 0.717) is 6.54 Å². The molecule has 2 aromatic rings. The van der Waals surface area contributed by atoms with Crippen LogP contribution in [0, 0.1) is 3.57 Å². The van der Waals surface area contributed by atoms with Crippen molar-refractivity contribution in [2.24, 2.45) is 7.05 Å². The molecule has 4 nitrogen and oxygen atoms in total. The summed E-state index contributed by atoms with van der Waals surface area (Å²) in [6.45, 7) is 0.524.